The van der Waals surface area contributed by atoms with E-state index in [1.54, 1.807) is 12.1 Å². The molecule has 2 aromatic carbocycles. The predicted molar refractivity (Wildman–Crippen MR) is 98.9 cm³/mol. The first kappa shape index (κ1) is 16.3. The number of aromatic amines is 2. The van der Waals surface area contributed by atoms with Gasteiger partial charge in [0.1, 0.15) is 12.1 Å². The number of aromatic nitrogens is 4. The van der Waals surface area contributed by atoms with Crippen LogP contribution in [0.4, 0.5) is 5.82 Å². The van der Waals surface area contributed by atoms with Crippen molar-refractivity contribution in [2.24, 2.45) is 0 Å². The zero-order valence-corrected chi connectivity index (χ0v) is 14.6. The molecule has 8 nitrogen and oxygen atoms in total. The summed E-state index contributed by atoms with van der Waals surface area (Å²) in [5, 5.41) is 3.84. The molecular formula is C17H15N5O3S. The smallest absolute Gasteiger partial charge is 0.323 e. The van der Waals surface area contributed by atoms with Gasteiger partial charge in [0.25, 0.3) is 0 Å². The number of sulfone groups is 1. The number of hydrogen-bond donors (Lipinski definition) is 3. The topological polar surface area (TPSA) is 121 Å². The first-order chi connectivity index (χ1) is 12.4. The normalized spacial score (nSPS) is 11.9. The van der Waals surface area contributed by atoms with Gasteiger partial charge in [-0.15, -0.1) is 0 Å². The fourth-order valence-corrected chi connectivity index (χ4v) is 3.43. The van der Waals surface area contributed by atoms with Gasteiger partial charge in [-0.2, -0.15) is 0 Å². The van der Waals surface area contributed by atoms with Gasteiger partial charge in [0.05, 0.1) is 21.4 Å². The molecule has 0 fully saturated rings. The number of H-pyrrole nitrogens is 2. The summed E-state index contributed by atoms with van der Waals surface area (Å²) >= 11 is 0. The average Bonchev–Trinajstić information content (AvgIpc) is 2.98. The number of anilines is 1. The van der Waals surface area contributed by atoms with Crippen LogP contribution in [0.1, 0.15) is 5.56 Å². The Kier molecular flexibility index (Phi) is 3.73. The molecule has 9 heteroatoms. The van der Waals surface area contributed by atoms with Crippen LogP contribution in [0.25, 0.3) is 21.9 Å². The van der Waals surface area contributed by atoms with Crippen LogP contribution >= 0.6 is 0 Å². The van der Waals surface area contributed by atoms with Gasteiger partial charge in [-0.3, -0.25) is 0 Å². The number of nitrogens with zero attached hydrogens (tertiary/aromatic N) is 2. The van der Waals surface area contributed by atoms with Crippen molar-refractivity contribution >= 4 is 37.6 Å². The van der Waals surface area contributed by atoms with Crippen molar-refractivity contribution < 1.29 is 8.42 Å². The van der Waals surface area contributed by atoms with Crippen molar-refractivity contribution in [2.45, 2.75) is 11.4 Å². The molecule has 132 valence electrons. The van der Waals surface area contributed by atoms with E-state index in [1.165, 1.54) is 12.4 Å². The zero-order valence-electron chi connectivity index (χ0n) is 13.8. The maximum atomic E-state index is 11.8. The van der Waals surface area contributed by atoms with Gasteiger partial charge in [0.2, 0.25) is 0 Å². The monoisotopic (exact) mass is 369 g/mol. The third-order valence-corrected chi connectivity index (χ3v) is 5.19. The van der Waals surface area contributed by atoms with E-state index in [4.69, 9.17) is 0 Å². The van der Waals surface area contributed by atoms with Crippen molar-refractivity contribution in [3.05, 3.63) is 58.8 Å². The summed E-state index contributed by atoms with van der Waals surface area (Å²) in [6.07, 6.45) is 2.59. The summed E-state index contributed by atoms with van der Waals surface area (Å²) in [6, 6.07) is 10.3. The molecule has 0 aliphatic rings. The third-order valence-electron chi connectivity index (χ3n) is 4.08. The first-order valence-electron chi connectivity index (χ1n) is 7.80. The third kappa shape index (κ3) is 3.04. The van der Waals surface area contributed by atoms with E-state index in [-0.39, 0.29) is 10.6 Å². The molecule has 0 amide bonds. The van der Waals surface area contributed by atoms with Crippen molar-refractivity contribution in [3.8, 4) is 0 Å². The molecule has 0 spiro atoms. The number of nitrogens with one attached hydrogen (secondary N) is 3. The summed E-state index contributed by atoms with van der Waals surface area (Å²) in [4.78, 5) is 25.4. The van der Waals surface area contributed by atoms with Crippen molar-refractivity contribution in [1.29, 1.82) is 0 Å². The van der Waals surface area contributed by atoms with Gasteiger partial charge >= 0.3 is 5.69 Å². The highest BCUT2D eigenvalue weighted by molar-refractivity contribution is 7.90. The van der Waals surface area contributed by atoms with Gasteiger partial charge in [0.15, 0.2) is 9.84 Å². The number of benzene rings is 2. The second-order valence-corrected chi connectivity index (χ2v) is 8.00. The molecule has 0 radical (unpaired) electrons. The number of hydrogen-bond acceptors (Lipinski definition) is 6. The minimum Gasteiger partial charge on any atom is -0.365 e. The lowest BCUT2D eigenvalue weighted by Gasteiger charge is -2.09. The second-order valence-electron chi connectivity index (χ2n) is 5.99. The van der Waals surface area contributed by atoms with E-state index in [2.05, 4.69) is 25.3 Å². The highest BCUT2D eigenvalue weighted by Crippen LogP contribution is 2.23. The van der Waals surface area contributed by atoms with Crippen LogP contribution in [0.3, 0.4) is 0 Å². The van der Waals surface area contributed by atoms with Crippen LogP contribution in [-0.4, -0.2) is 34.6 Å². The molecule has 4 aromatic rings. The molecule has 0 saturated heterocycles. The van der Waals surface area contributed by atoms with E-state index >= 15 is 0 Å². The summed E-state index contributed by atoms with van der Waals surface area (Å²) in [5.41, 5.74) is 2.81. The number of rotatable bonds is 4. The minimum absolute atomic E-state index is 0.217. The molecule has 0 aliphatic carbocycles. The summed E-state index contributed by atoms with van der Waals surface area (Å²) in [7, 11) is -3.32. The Morgan fingerprint density at radius 3 is 2.65 bits per heavy atom. The molecule has 0 saturated carbocycles. The molecule has 0 bridgehead atoms. The molecule has 4 rings (SSSR count). The molecule has 2 heterocycles. The largest absolute Gasteiger partial charge is 0.365 e. The Balaban J connectivity index is 1.68. The minimum atomic E-state index is -3.32. The van der Waals surface area contributed by atoms with Crippen LogP contribution in [0.15, 0.2) is 52.4 Å². The van der Waals surface area contributed by atoms with Crippen LogP contribution in [-0.2, 0) is 16.4 Å². The predicted octanol–water partition coefficient (Wildman–Crippen LogP) is 1.81. The van der Waals surface area contributed by atoms with Gasteiger partial charge in [-0.1, -0.05) is 6.07 Å². The van der Waals surface area contributed by atoms with E-state index in [1.807, 2.05) is 18.2 Å². The first-order valence-corrected chi connectivity index (χ1v) is 9.69. The molecule has 0 unspecified atom stereocenters. The Labute approximate surface area is 148 Å². The van der Waals surface area contributed by atoms with Crippen molar-refractivity contribution in [2.75, 3.05) is 11.6 Å². The lowest BCUT2D eigenvalue weighted by molar-refractivity contribution is 0.602. The lowest BCUT2D eigenvalue weighted by Crippen LogP contribution is -2.04. The van der Waals surface area contributed by atoms with E-state index in [0.717, 1.165) is 22.9 Å². The average molecular weight is 369 g/mol. The fraction of sp³-hybridized carbons (Fsp3) is 0.118. The molecule has 2 aromatic heterocycles. The SMILES string of the molecule is CS(=O)(=O)c1ccc2ncnc(NCc3ccc4[nH]c(=O)[nH]c4c3)c2c1. The molecule has 0 aliphatic heterocycles. The van der Waals surface area contributed by atoms with Crippen LogP contribution in [0.2, 0.25) is 0 Å². The molecular weight excluding hydrogens is 354 g/mol. The van der Waals surface area contributed by atoms with Crippen LogP contribution in [0.5, 0.6) is 0 Å². The van der Waals surface area contributed by atoms with Gasteiger partial charge in [-0.05, 0) is 35.9 Å². The Bertz CT molecular complexity index is 1290. The Hall–Kier alpha value is -3.20. The second kappa shape index (κ2) is 5.95. The van der Waals surface area contributed by atoms with Gasteiger partial charge in [-0.25, -0.2) is 23.2 Å². The Morgan fingerprint density at radius 1 is 1.04 bits per heavy atom. The van der Waals surface area contributed by atoms with Gasteiger partial charge in [0, 0.05) is 18.2 Å². The van der Waals surface area contributed by atoms with E-state index in [9.17, 15) is 13.2 Å². The van der Waals surface area contributed by atoms with Gasteiger partial charge < -0.3 is 15.3 Å². The maximum absolute atomic E-state index is 11.8. The number of fused-ring (bicyclic) bond motifs is 2. The quantitative estimate of drug-likeness (QED) is 0.504. The summed E-state index contributed by atoms with van der Waals surface area (Å²) < 4.78 is 23.6. The molecule has 0 atom stereocenters. The maximum Gasteiger partial charge on any atom is 0.323 e. The fourth-order valence-electron chi connectivity index (χ4n) is 2.78. The molecule has 26 heavy (non-hydrogen) atoms. The van der Waals surface area contributed by atoms with E-state index < -0.39 is 9.84 Å². The highest BCUT2D eigenvalue weighted by atomic mass is 32.2. The van der Waals surface area contributed by atoms with Crippen molar-refractivity contribution in [3.63, 3.8) is 0 Å². The van der Waals surface area contributed by atoms with Crippen molar-refractivity contribution in [1.82, 2.24) is 19.9 Å². The number of imidazole rings is 1. The molecule has 3 N–H and O–H groups in total. The lowest BCUT2D eigenvalue weighted by atomic mass is 10.2. The van der Waals surface area contributed by atoms with E-state index in [0.29, 0.717) is 23.3 Å². The highest BCUT2D eigenvalue weighted by Gasteiger charge is 2.11. The summed E-state index contributed by atoms with van der Waals surface area (Å²) in [5.74, 6) is 0.545. The Morgan fingerprint density at radius 2 is 1.85 bits per heavy atom. The summed E-state index contributed by atoms with van der Waals surface area (Å²) in [6.45, 7) is 0.457. The van der Waals surface area contributed by atoms with Crippen LogP contribution in [0, 0.1) is 0 Å². The zero-order chi connectivity index (χ0) is 18.3. The standard InChI is InChI=1S/C17H15N5O3S/c1-26(24,25)11-3-5-13-12(7-11)16(20-9-19-13)18-8-10-2-4-14-15(6-10)22-17(23)21-14/h2-7,9H,8H2,1H3,(H,18,19,20)(H2,21,22,23). The van der Waals surface area contributed by atoms with Crippen LogP contribution < -0.4 is 11.0 Å².